The molecule has 1 aromatic carbocycles. The van der Waals surface area contributed by atoms with Gasteiger partial charge in [-0.1, -0.05) is 13.0 Å². The van der Waals surface area contributed by atoms with E-state index in [1.165, 1.54) is 5.56 Å². The molecule has 5 heteroatoms. The Morgan fingerprint density at radius 2 is 2.00 bits per heavy atom. The van der Waals surface area contributed by atoms with Gasteiger partial charge in [-0.15, -0.1) is 0 Å². The highest BCUT2D eigenvalue weighted by Gasteiger charge is 2.09. The normalized spacial score (nSPS) is 12.4. The second-order valence-electron chi connectivity index (χ2n) is 5.01. The molecule has 1 atom stereocenters. The number of aromatic nitrogens is 2. The minimum atomic E-state index is 0.357. The van der Waals surface area contributed by atoms with Crippen molar-refractivity contribution in [2.75, 3.05) is 6.54 Å². The van der Waals surface area contributed by atoms with E-state index in [-0.39, 0.29) is 0 Å². The zero-order valence-corrected chi connectivity index (χ0v) is 15.0. The number of aryl methyl sites for hydroxylation is 1. The number of hydrogen-bond acceptors (Lipinski definition) is 4. The highest BCUT2D eigenvalue weighted by molar-refractivity contribution is 9.10. The summed E-state index contributed by atoms with van der Waals surface area (Å²) in [7, 11) is 0. The zero-order valence-electron chi connectivity index (χ0n) is 12.6. The van der Waals surface area contributed by atoms with Crippen LogP contribution < -0.4 is 5.32 Å². The lowest BCUT2D eigenvalue weighted by molar-refractivity contribution is 0.570. The fourth-order valence-electron chi connectivity index (χ4n) is 1.88. The summed E-state index contributed by atoms with van der Waals surface area (Å²) in [5.74, 6) is 0. The summed E-state index contributed by atoms with van der Waals surface area (Å²) in [6.45, 7) is 7.39. The average Bonchev–Trinajstić information content (AvgIpc) is 2.49. The van der Waals surface area contributed by atoms with Crippen LogP contribution >= 0.6 is 27.7 Å². The van der Waals surface area contributed by atoms with E-state index in [1.54, 1.807) is 11.8 Å². The summed E-state index contributed by atoms with van der Waals surface area (Å²) in [5, 5.41) is 4.27. The Balaban J connectivity index is 2.10. The van der Waals surface area contributed by atoms with Crippen LogP contribution in [0.4, 0.5) is 0 Å². The first-order valence-electron chi connectivity index (χ1n) is 7.09. The van der Waals surface area contributed by atoms with Crippen molar-refractivity contribution in [2.24, 2.45) is 0 Å². The van der Waals surface area contributed by atoms with Gasteiger partial charge in [0, 0.05) is 27.8 Å². The summed E-state index contributed by atoms with van der Waals surface area (Å²) in [5.41, 5.74) is 2.36. The van der Waals surface area contributed by atoms with E-state index in [0.29, 0.717) is 6.04 Å². The predicted octanol–water partition coefficient (Wildman–Crippen LogP) is 4.76. The molecular weight excluding hydrogens is 346 g/mol. The van der Waals surface area contributed by atoms with Crippen molar-refractivity contribution < 1.29 is 0 Å². The molecule has 0 aliphatic rings. The molecule has 0 radical (unpaired) electrons. The number of hydrogen-bond donors (Lipinski definition) is 1. The van der Waals surface area contributed by atoms with Crippen molar-refractivity contribution in [1.82, 2.24) is 15.3 Å². The van der Waals surface area contributed by atoms with Gasteiger partial charge in [-0.2, -0.15) is 0 Å². The van der Waals surface area contributed by atoms with Crippen molar-refractivity contribution in [2.45, 2.75) is 43.3 Å². The maximum absolute atomic E-state index is 4.33. The first kappa shape index (κ1) is 16.5. The van der Waals surface area contributed by atoms with Gasteiger partial charge in [0.15, 0.2) is 5.16 Å². The Morgan fingerprint density at radius 1 is 1.29 bits per heavy atom. The molecule has 0 amide bonds. The van der Waals surface area contributed by atoms with Crippen molar-refractivity contribution >= 4 is 27.7 Å². The lowest BCUT2D eigenvalue weighted by Crippen LogP contribution is -2.19. The monoisotopic (exact) mass is 365 g/mol. The molecule has 1 N–H and O–H groups in total. The van der Waals surface area contributed by atoms with E-state index < -0.39 is 0 Å². The molecule has 3 nitrogen and oxygen atoms in total. The summed E-state index contributed by atoms with van der Waals surface area (Å²) >= 11 is 5.22. The van der Waals surface area contributed by atoms with Crippen molar-refractivity contribution in [3.63, 3.8) is 0 Å². The van der Waals surface area contributed by atoms with Gasteiger partial charge in [-0.05, 0) is 77.8 Å². The second-order valence-corrected chi connectivity index (χ2v) is 6.87. The number of halogens is 1. The van der Waals surface area contributed by atoms with Gasteiger partial charge < -0.3 is 5.32 Å². The molecule has 1 aromatic heterocycles. The molecule has 0 saturated heterocycles. The summed E-state index contributed by atoms with van der Waals surface area (Å²) in [6, 6.07) is 6.81. The third-order valence-electron chi connectivity index (χ3n) is 3.11. The Kier molecular flexibility index (Phi) is 6.21. The number of rotatable bonds is 6. The highest BCUT2D eigenvalue weighted by Crippen LogP contribution is 2.33. The third-order valence-corrected chi connectivity index (χ3v) is 5.00. The van der Waals surface area contributed by atoms with E-state index in [4.69, 9.17) is 0 Å². The van der Waals surface area contributed by atoms with Crippen LogP contribution in [0.2, 0.25) is 0 Å². The van der Waals surface area contributed by atoms with Crippen LogP contribution in [0.15, 0.2) is 45.1 Å². The second kappa shape index (κ2) is 7.92. The van der Waals surface area contributed by atoms with Gasteiger partial charge in [-0.3, -0.25) is 0 Å². The van der Waals surface area contributed by atoms with E-state index >= 15 is 0 Å². The molecule has 0 saturated carbocycles. The molecule has 0 spiro atoms. The largest absolute Gasteiger partial charge is 0.310 e. The van der Waals surface area contributed by atoms with Crippen LogP contribution in [0, 0.1) is 6.92 Å². The van der Waals surface area contributed by atoms with Crippen molar-refractivity contribution in [3.05, 3.63) is 46.2 Å². The van der Waals surface area contributed by atoms with Crippen molar-refractivity contribution in [3.8, 4) is 0 Å². The lowest BCUT2D eigenvalue weighted by Gasteiger charge is -2.15. The zero-order chi connectivity index (χ0) is 15.2. The topological polar surface area (TPSA) is 37.8 Å². The molecule has 1 unspecified atom stereocenters. The van der Waals surface area contributed by atoms with E-state index in [0.717, 1.165) is 33.1 Å². The fourth-order valence-corrected chi connectivity index (χ4v) is 3.22. The van der Waals surface area contributed by atoms with Crippen LogP contribution in [0.5, 0.6) is 0 Å². The van der Waals surface area contributed by atoms with Gasteiger partial charge in [0.2, 0.25) is 0 Å². The fraction of sp³-hybridized carbons (Fsp3) is 0.375. The number of benzene rings is 1. The van der Waals surface area contributed by atoms with E-state index in [9.17, 15) is 0 Å². The van der Waals surface area contributed by atoms with Gasteiger partial charge in [0.05, 0.1) is 0 Å². The van der Waals surface area contributed by atoms with Gasteiger partial charge >= 0.3 is 0 Å². The smallest absolute Gasteiger partial charge is 0.192 e. The predicted molar refractivity (Wildman–Crippen MR) is 91.7 cm³/mol. The standard InChI is InChI=1S/C16H20BrN3S/c1-4-7-18-12(3)13-5-6-15(14(17)8-13)21-16-19-9-11(2)10-20-16/h5-6,8-10,12,18H,4,7H2,1-3H3. The molecule has 2 aromatic rings. The first-order chi connectivity index (χ1) is 10.1. The summed E-state index contributed by atoms with van der Waals surface area (Å²) in [4.78, 5) is 9.79. The van der Waals surface area contributed by atoms with Crippen LogP contribution in [0.3, 0.4) is 0 Å². The molecule has 2 rings (SSSR count). The summed E-state index contributed by atoms with van der Waals surface area (Å²) < 4.78 is 1.08. The maximum Gasteiger partial charge on any atom is 0.192 e. The minimum Gasteiger partial charge on any atom is -0.310 e. The maximum atomic E-state index is 4.33. The Hall–Kier alpha value is -0.910. The van der Waals surface area contributed by atoms with E-state index in [1.807, 2.05) is 19.3 Å². The highest BCUT2D eigenvalue weighted by atomic mass is 79.9. The molecule has 21 heavy (non-hydrogen) atoms. The third kappa shape index (κ3) is 4.80. The molecule has 0 aliphatic heterocycles. The van der Waals surface area contributed by atoms with Crippen LogP contribution in [-0.4, -0.2) is 16.5 Å². The number of nitrogens with zero attached hydrogens (tertiary/aromatic N) is 2. The molecule has 0 bridgehead atoms. The molecule has 0 fully saturated rings. The average molecular weight is 366 g/mol. The Labute approximate surface area is 139 Å². The molecular formula is C16H20BrN3S. The number of nitrogens with one attached hydrogen (secondary N) is 1. The Bertz CT molecular complexity index is 587. The van der Waals surface area contributed by atoms with Crippen LogP contribution in [0.1, 0.15) is 37.4 Å². The van der Waals surface area contributed by atoms with Gasteiger partial charge in [-0.25, -0.2) is 9.97 Å². The van der Waals surface area contributed by atoms with Crippen molar-refractivity contribution in [1.29, 1.82) is 0 Å². The quantitative estimate of drug-likeness (QED) is 0.748. The molecule has 1 heterocycles. The van der Waals surface area contributed by atoms with Crippen LogP contribution in [-0.2, 0) is 0 Å². The van der Waals surface area contributed by atoms with Gasteiger partial charge in [0.1, 0.15) is 0 Å². The Morgan fingerprint density at radius 3 is 2.62 bits per heavy atom. The molecule has 0 aliphatic carbocycles. The van der Waals surface area contributed by atoms with Gasteiger partial charge in [0.25, 0.3) is 0 Å². The lowest BCUT2D eigenvalue weighted by atomic mass is 10.1. The SMILES string of the molecule is CCCNC(C)c1ccc(Sc2ncc(C)cn2)c(Br)c1. The molecule has 112 valence electrons. The first-order valence-corrected chi connectivity index (χ1v) is 8.70. The van der Waals surface area contributed by atoms with E-state index in [2.05, 4.69) is 63.3 Å². The van der Waals surface area contributed by atoms with Crippen LogP contribution in [0.25, 0.3) is 0 Å². The minimum absolute atomic E-state index is 0.357. The summed E-state index contributed by atoms with van der Waals surface area (Å²) in [6.07, 6.45) is 4.83.